The largest absolute Gasteiger partial charge is 0.350 e. The van der Waals surface area contributed by atoms with Crippen LogP contribution >= 0.6 is 11.6 Å². The summed E-state index contributed by atoms with van der Waals surface area (Å²) in [5, 5.41) is 3.21. The molecule has 1 heterocycles. The Bertz CT molecular complexity index is 843. The lowest BCUT2D eigenvalue weighted by molar-refractivity contribution is 0.0799. The Morgan fingerprint density at radius 3 is 2.27 bits per heavy atom. The van der Waals surface area contributed by atoms with E-state index < -0.39 is 10.0 Å². The van der Waals surface area contributed by atoms with Crippen LogP contribution in [-0.2, 0) is 10.0 Å². The molecule has 1 saturated carbocycles. The molecule has 1 saturated heterocycles. The normalized spacial score (nSPS) is 20.7. The Balaban J connectivity index is 1.77. The van der Waals surface area contributed by atoms with Crippen molar-refractivity contribution >= 4 is 27.5 Å². The van der Waals surface area contributed by atoms with E-state index in [1.165, 1.54) is 22.9 Å². The van der Waals surface area contributed by atoms with E-state index in [4.69, 9.17) is 11.6 Å². The highest BCUT2D eigenvalue weighted by atomic mass is 35.5. The summed E-state index contributed by atoms with van der Waals surface area (Å²) in [6, 6.07) is 4.55. The molecule has 2 fully saturated rings. The van der Waals surface area contributed by atoms with Crippen LogP contribution in [0.5, 0.6) is 0 Å². The van der Waals surface area contributed by atoms with E-state index in [1.54, 1.807) is 6.07 Å². The van der Waals surface area contributed by atoms with Gasteiger partial charge in [-0.1, -0.05) is 43.7 Å². The molecule has 30 heavy (non-hydrogen) atoms. The molecular formula is C22H34ClN3O3S. The smallest absolute Gasteiger partial charge is 0.251 e. The van der Waals surface area contributed by atoms with Gasteiger partial charge in [-0.25, -0.2) is 8.42 Å². The first-order valence-electron chi connectivity index (χ1n) is 11.0. The molecule has 1 aliphatic carbocycles. The van der Waals surface area contributed by atoms with Crippen LogP contribution in [0.1, 0.15) is 68.1 Å². The number of hydrogen-bond donors (Lipinski definition) is 1. The van der Waals surface area contributed by atoms with Gasteiger partial charge in [-0.05, 0) is 58.0 Å². The standard InChI is InChI=1S/C22H34ClN3O3S/c1-25(2)22(12-6-5-7-13-22)17-24-21(27)18-10-11-19(23)20(16-18)30(28,29)26-14-8-3-4-9-15-26/h10-11,16H,3-9,12-15,17H2,1-2H3,(H,24,27). The molecule has 1 aromatic rings. The minimum absolute atomic E-state index is 0.0266. The Morgan fingerprint density at radius 1 is 1.07 bits per heavy atom. The Morgan fingerprint density at radius 2 is 1.67 bits per heavy atom. The number of hydrogen-bond acceptors (Lipinski definition) is 4. The number of sulfonamides is 1. The fraction of sp³-hybridized carbons (Fsp3) is 0.682. The van der Waals surface area contributed by atoms with E-state index >= 15 is 0 Å². The average Bonchev–Trinajstić information content (AvgIpc) is 3.03. The molecule has 0 unspecified atom stereocenters. The number of nitrogens with one attached hydrogen (secondary N) is 1. The van der Waals surface area contributed by atoms with Crippen molar-refractivity contribution in [2.45, 2.75) is 68.2 Å². The van der Waals surface area contributed by atoms with Crippen molar-refractivity contribution < 1.29 is 13.2 Å². The van der Waals surface area contributed by atoms with E-state index in [0.29, 0.717) is 25.2 Å². The highest BCUT2D eigenvalue weighted by molar-refractivity contribution is 7.89. The molecule has 0 atom stereocenters. The maximum absolute atomic E-state index is 13.2. The van der Waals surface area contributed by atoms with Gasteiger partial charge in [0.1, 0.15) is 4.90 Å². The summed E-state index contributed by atoms with van der Waals surface area (Å²) in [6.45, 7) is 1.55. The molecule has 0 aromatic heterocycles. The van der Waals surface area contributed by atoms with Crippen LogP contribution in [0.25, 0.3) is 0 Å². The van der Waals surface area contributed by atoms with E-state index in [-0.39, 0.29) is 21.4 Å². The molecule has 1 aromatic carbocycles. The predicted molar refractivity (Wildman–Crippen MR) is 121 cm³/mol. The molecule has 0 radical (unpaired) electrons. The van der Waals surface area contributed by atoms with E-state index in [0.717, 1.165) is 51.4 Å². The molecule has 6 nitrogen and oxygen atoms in total. The minimum atomic E-state index is -3.72. The second kappa shape index (κ2) is 9.98. The molecule has 2 aliphatic rings. The van der Waals surface area contributed by atoms with Crippen molar-refractivity contribution in [1.82, 2.24) is 14.5 Å². The number of rotatable bonds is 6. The van der Waals surface area contributed by atoms with E-state index in [9.17, 15) is 13.2 Å². The molecule has 0 bridgehead atoms. The zero-order chi connectivity index (χ0) is 21.8. The van der Waals surface area contributed by atoms with Crippen LogP contribution in [0.4, 0.5) is 0 Å². The SMILES string of the molecule is CN(C)C1(CNC(=O)c2ccc(Cl)c(S(=O)(=O)N3CCCCCC3)c2)CCCCC1. The minimum Gasteiger partial charge on any atom is -0.350 e. The van der Waals surface area contributed by atoms with Gasteiger partial charge < -0.3 is 10.2 Å². The molecular weight excluding hydrogens is 422 g/mol. The van der Waals surface area contributed by atoms with Gasteiger partial charge >= 0.3 is 0 Å². The number of likely N-dealkylation sites (N-methyl/N-ethyl adjacent to an activating group) is 1. The zero-order valence-corrected chi connectivity index (χ0v) is 19.7. The topological polar surface area (TPSA) is 69.7 Å². The van der Waals surface area contributed by atoms with Crippen molar-refractivity contribution in [3.8, 4) is 0 Å². The van der Waals surface area contributed by atoms with Crippen molar-refractivity contribution in [3.05, 3.63) is 28.8 Å². The van der Waals surface area contributed by atoms with Crippen LogP contribution in [0.15, 0.2) is 23.1 Å². The highest BCUT2D eigenvalue weighted by Gasteiger charge is 2.35. The van der Waals surface area contributed by atoms with Crippen molar-refractivity contribution in [1.29, 1.82) is 0 Å². The van der Waals surface area contributed by atoms with Crippen LogP contribution in [0.2, 0.25) is 5.02 Å². The fourth-order valence-electron chi connectivity index (χ4n) is 4.60. The first-order valence-corrected chi connectivity index (χ1v) is 12.8. The van der Waals surface area contributed by atoms with Crippen LogP contribution in [-0.4, -0.2) is 62.8 Å². The number of carbonyl (C=O) groups is 1. The van der Waals surface area contributed by atoms with Crippen molar-refractivity contribution in [2.24, 2.45) is 0 Å². The van der Waals surface area contributed by atoms with E-state index in [1.807, 2.05) is 0 Å². The van der Waals surface area contributed by atoms with Crippen molar-refractivity contribution in [3.63, 3.8) is 0 Å². The second-order valence-corrected chi connectivity index (χ2v) is 11.1. The van der Waals surface area contributed by atoms with Gasteiger partial charge in [0.25, 0.3) is 5.91 Å². The van der Waals surface area contributed by atoms with Gasteiger partial charge in [0.15, 0.2) is 0 Å². The van der Waals surface area contributed by atoms with Crippen molar-refractivity contribution in [2.75, 3.05) is 33.7 Å². The predicted octanol–water partition coefficient (Wildman–Crippen LogP) is 3.90. The summed E-state index contributed by atoms with van der Waals surface area (Å²) < 4.78 is 27.9. The molecule has 168 valence electrons. The zero-order valence-electron chi connectivity index (χ0n) is 18.1. The lowest BCUT2D eigenvalue weighted by Gasteiger charge is -2.43. The third-order valence-electron chi connectivity index (χ3n) is 6.69. The molecule has 1 amide bonds. The van der Waals surface area contributed by atoms with Gasteiger partial charge in [-0.3, -0.25) is 4.79 Å². The van der Waals surface area contributed by atoms with E-state index in [2.05, 4.69) is 24.3 Å². The lowest BCUT2D eigenvalue weighted by Crippen LogP contribution is -2.53. The number of carbonyl (C=O) groups excluding carboxylic acids is 1. The van der Waals surface area contributed by atoms with Crippen LogP contribution < -0.4 is 5.32 Å². The number of halogens is 1. The van der Waals surface area contributed by atoms with Gasteiger partial charge in [-0.15, -0.1) is 0 Å². The van der Waals surface area contributed by atoms with Gasteiger partial charge in [-0.2, -0.15) is 4.31 Å². The van der Waals surface area contributed by atoms with Gasteiger partial charge in [0.05, 0.1) is 5.02 Å². The Labute approximate surface area is 186 Å². The molecule has 0 spiro atoms. The fourth-order valence-corrected chi connectivity index (χ4v) is 6.62. The quantitative estimate of drug-likeness (QED) is 0.706. The summed E-state index contributed by atoms with van der Waals surface area (Å²) in [6.07, 6.45) is 9.43. The third kappa shape index (κ3) is 5.18. The van der Waals surface area contributed by atoms with Crippen LogP contribution in [0, 0.1) is 0 Å². The summed E-state index contributed by atoms with van der Waals surface area (Å²) >= 11 is 6.26. The highest BCUT2D eigenvalue weighted by Crippen LogP contribution is 2.32. The summed E-state index contributed by atoms with van der Waals surface area (Å²) in [5.41, 5.74) is 0.291. The average molecular weight is 456 g/mol. The Hall–Kier alpha value is -1.15. The molecule has 3 rings (SSSR count). The third-order valence-corrected chi connectivity index (χ3v) is 9.07. The molecule has 1 N–H and O–H groups in total. The number of nitrogens with zero attached hydrogens (tertiary/aromatic N) is 2. The molecule has 8 heteroatoms. The summed E-state index contributed by atoms with van der Waals surface area (Å²) in [7, 11) is 0.402. The first-order chi connectivity index (χ1) is 14.3. The maximum Gasteiger partial charge on any atom is 0.251 e. The second-order valence-electron chi connectivity index (χ2n) is 8.83. The van der Waals surface area contributed by atoms with Gasteiger partial charge in [0.2, 0.25) is 10.0 Å². The maximum atomic E-state index is 13.2. The molecule has 1 aliphatic heterocycles. The summed E-state index contributed by atoms with van der Waals surface area (Å²) in [5.74, 6) is -0.259. The Kier molecular flexibility index (Phi) is 7.82. The number of benzene rings is 1. The van der Waals surface area contributed by atoms with Gasteiger partial charge in [0, 0.05) is 30.7 Å². The summed E-state index contributed by atoms with van der Waals surface area (Å²) in [4.78, 5) is 15.1. The lowest BCUT2D eigenvalue weighted by atomic mass is 9.80. The number of amides is 1. The first kappa shape index (κ1) is 23.5. The van der Waals surface area contributed by atoms with Crippen LogP contribution in [0.3, 0.4) is 0 Å². The monoisotopic (exact) mass is 455 g/mol.